The van der Waals surface area contributed by atoms with Crippen LogP contribution in [0, 0.1) is 5.82 Å². The van der Waals surface area contributed by atoms with Gasteiger partial charge in [-0.2, -0.15) is 0 Å². The van der Waals surface area contributed by atoms with Gasteiger partial charge < -0.3 is 9.84 Å². The van der Waals surface area contributed by atoms with Crippen molar-refractivity contribution in [2.75, 3.05) is 7.11 Å². The first kappa shape index (κ1) is 18.1. The van der Waals surface area contributed by atoms with Gasteiger partial charge in [0.2, 0.25) is 0 Å². The van der Waals surface area contributed by atoms with Crippen molar-refractivity contribution in [3.63, 3.8) is 0 Å². The Morgan fingerprint density at radius 1 is 1.07 bits per heavy atom. The molecular weight excluding hydrogens is 359 g/mol. The van der Waals surface area contributed by atoms with Crippen molar-refractivity contribution < 1.29 is 14.2 Å². The molecule has 1 aromatic carbocycles. The number of rotatable bonds is 6. The van der Waals surface area contributed by atoms with Gasteiger partial charge in [-0.15, -0.1) is 10.2 Å². The van der Waals surface area contributed by atoms with Crippen LogP contribution in [0.15, 0.2) is 55.0 Å². The Morgan fingerprint density at radius 3 is 2.79 bits per heavy atom. The van der Waals surface area contributed by atoms with E-state index in [4.69, 9.17) is 4.74 Å². The Labute approximate surface area is 161 Å². The van der Waals surface area contributed by atoms with E-state index in [1.807, 2.05) is 28.7 Å². The topological polar surface area (TPSA) is 72.5 Å². The minimum Gasteiger partial charge on any atom is -0.496 e. The van der Waals surface area contributed by atoms with Gasteiger partial charge in [0.1, 0.15) is 17.9 Å². The second kappa shape index (κ2) is 7.74. The third-order valence-electron chi connectivity index (χ3n) is 4.80. The van der Waals surface area contributed by atoms with Crippen molar-refractivity contribution in [1.82, 2.24) is 19.6 Å². The lowest BCUT2D eigenvalue weighted by molar-refractivity contribution is 0.277. The van der Waals surface area contributed by atoms with E-state index < -0.39 is 0 Å². The molecule has 0 saturated heterocycles. The fourth-order valence-corrected chi connectivity index (χ4v) is 3.41. The quantitative estimate of drug-likeness (QED) is 0.558. The number of ether oxygens (including phenoxy) is 1. The molecule has 0 unspecified atom stereocenters. The molecule has 0 saturated carbocycles. The molecule has 0 amide bonds. The number of benzene rings is 1. The monoisotopic (exact) mass is 378 g/mol. The van der Waals surface area contributed by atoms with Crippen LogP contribution in [0.1, 0.15) is 17.0 Å². The standard InChI is InChI=1S/C21H19FN4O2/c1-28-20-6-2-5-18(22)17(20)10-8-14-7-9-16(21-25-24-13-26(14)21)15-4-3-11-23-19(15)12-27/h2-7,9,11,13,27H,8,10,12H2,1H3. The molecule has 0 bridgehead atoms. The van der Waals surface area contributed by atoms with Crippen LogP contribution in [0.5, 0.6) is 5.75 Å². The van der Waals surface area contributed by atoms with E-state index in [2.05, 4.69) is 15.2 Å². The highest BCUT2D eigenvalue weighted by atomic mass is 19.1. The van der Waals surface area contributed by atoms with Gasteiger partial charge in [0.25, 0.3) is 0 Å². The third kappa shape index (κ3) is 3.20. The number of fused-ring (bicyclic) bond motifs is 1. The molecule has 0 aliphatic rings. The van der Waals surface area contributed by atoms with Crippen LogP contribution in [0.25, 0.3) is 16.8 Å². The van der Waals surface area contributed by atoms with E-state index in [-0.39, 0.29) is 12.4 Å². The maximum atomic E-state index is 14.2. The van der Waals surface area contributed by atoms with Crippen molar-refractivity contribution in [2.45, 2.75) is 19.4 Å². The number of aliphatic hydroxyl groups is 1. The van der Waals surface area contributed by atoms with Gasteiger partial charge in [0.15, 0.2) is 5.65 Å². The van der Waals surface area contributed by atoms with E-state index >= 15 is 0 Å². The summed E-state index contributed by atoms with van der Waals surface area (Å²) in [4.78, 5) is 4.23. The molecule has 3 heterocycles. The summed E-state index contributed by atoms with van der Waals surface area (Å²) in [5, 5.41) is 17.9. The zero-order valence-electron chi connectivity index (χ0n) is 15.3. The largest absolute Gasteiger partial charge is 0.496 e. The van der Waals surface area contributed by atoms with Gasteiger partial charge in [-0.05, 0) is 43.2 Å². The Kier molecular flexibility index (Phi) is 4.99. The molecule has 0 radical (unpaired) electrons. The molecule has 1 N–H and O–H groups in total. The molecule has 28 heavy (non-hydrogen) atoms. The summed E-state index contributed by atoms with van der Waals surface area (Å²) in [6, 6.07) is 12.5. The molecule has 7 heteroatoms. The first-order valence-electron chi connectivity index (χ1n) is 8.91. The van der Waals surface area contributed by atoms with Crippen LogP contribution in [0.4, 0.5) is 4.39 Å². The van der Waals surface area contributed by atoms with E-state index in [0.717, 1.165) is 16.8 Å². The third-order valence-corrected chi connectivity index (χ3v) is 4.80. The smallest absolute Gasteiger partial charge is 0.168 e. The fraction of sp³-hybridized carbons (Fsp3) is 0.190. The number of nitrogens with zero attached hydrogens (tertiary/aromatic N) is 4. The predicted octanol–water partition coefficient (Wildman–Crippen LogP) is 3.22. The van der Waals surface area contributed by atoms with Crippen molar-refractivity contribution in [2.24, 2.45) is 0 Å². The van der Waals surface area contributed by atoms with Gasteiger partial charge >= 0.3 is 0 Å². The van der Waals surface area contributed by atoms with Gasteiger partial charge in [0.05, 0.1) is 19.4 Å². The molecular formula is C21H19FN4O2. The number of aliphatic hydroxyl groups excluding tert-OH is 1. The molecule has 3 aromatic heterocycles. The molecule has 4 rings (SSSR count). The number of hydrogen-bond acceptors (Lipinski definition) is 5. The molecule has 142 valence electrons. The van der Waals surface area contributed by atoms with Gasteiger partial charge in [-0.3, -0.25) is 9.38 Å². The van der Waals surface area contributed by atoms with Crippen LogP contribution >= 0.6 is 0 Å². The van der Waals surface area contributed by atoms with Crippen molar-refractivity contribution in [1.29, 1.82) is 0 Å². The zero-order valence-corrected chi connectivity index (χ0v) is 15.3. The molecule has 4 aromatic rings. The van der Waals surface area contributed by atoms with E-state index in [1.165, 1.54) is 13.2 Å². The van der Waals surface area contributed by atoms with Crippen molar-refractivity contribution in [3.05, 3.63) is 77.8 Å². The Hall–Kier alpha value is -3.32. The number of pyridine rings is 2. The molecule has 0 aliphatic carbocycles. The Bertz CT molecular complexity index is 1130. The number of methoxy groups -OCH3 is 1. The Balaban J connectivity index is 1.71. The summed E-state index contributed by atoms with van der Waals surface area (Å²) in [5.74, 6) is 0.262. The van der Waals surface area contributed by atoms with Gasteiger partial charge in [-0.1, -0.05) is 12.1 Å². The van der Waals surface area contributed by atoms with Crippen LogP contribution < -0.4 is 4.74 Å². The lowest BCUT2D eigenvalue weighted by Crippen LogP contribution is -2.04. The van der Waals surface area contributed by atoms with Crippen LogP contribution in [-0.2, 0) is 19.4 Å². The van der Waals surface area contributed by atoms with E-state index in [9.17, 15) is 9.50 Å². The minimum atomic E-state index is -0.279. The summed E-state index contributed by atoms with van der Waals surface area (Å²) in [6.45, 7) is -0.161. The lowest BCUT2D eigenvalue weighted by atomic mass is 10.0. The second-order valence-corrected chi connectivity index (χ2v) is 6.34. The SMILES string of the molecule is COc1cccc(F)c1CCc1ccc(-c2cccnc2CO)c2nncn12. The number of aromatic nitrogens is 4. The molecule has 6 nitrogen and oxygen atoms in total. The van der Waals surface area contributed by atoms with Crippen LogP contribution in [0.2, 0.25) is 0 Å². The highest BCUT2D eigenvalue weighted by Gasteiger charge is 2.15. The van der Waals surface area contributed by atoms with E-state index in [0.29, 0.717) is 35.5 Å². The summed E-state index contributed by atoms with van der Waals surface area (Å²) in [7, 11) is 1.54. The Morgan fingerprint density at radius 2 is 1.96 bits per heavy atom. The summed E-state index contributed by atoms with van der Waals surface area (Å²) < 4.78 is 21.4. The fourth-order valence-electron chi connectivity index (χ4n) is 3.41. The van der Waals surface area contributed by atoms with E-state index in [1.54, 1.807) is 24.7 Å². The van der Waals surface area contributed by atoms with Gasteiger partial charge in [0, 0.05) is 28.6 Å². The summed E-state index contributed by atoms with van der Waals surface area (Å²) in [6.07, 6.45) is 4.36. The average molecular weight is 378 g/mol. The average Bonchev–Trinajstić information content (AvgIpc) is 3.22. The van der Waals surface area contributed by atoms with Gasteiger partial charge in [-0.25, -0.2) is 4.39 Å². The van der Waals surface area contributed by atoms with Crippen molar-refractivity contribution >= 4 is 5.65 Å². The van der Waals surface area contributed by atoms with Crippen LogP contribution in [-0.4, -0.2) is 31.8 Å². The highest BCUT2D eigenvalue weighted by Crippen LogP contribution is 2.28. The number of hydrogen-bond donors (Lipinski definition) is 1. The zero-order chi connectivity index (χ0) is 19.5. The minimum absolute atomic E-state index is 0.161. The summed E-state index contributed by atoms with van der Waals surface area (Å²) in [5.41, 5.74) is 4.39. The first-order chi connectivity index (χ1) is 13.7. The molecule has 0 spiro atoms. The maximum Gasteiger partial charge on any atom is 0.168 e. The van der Waals surface area contributed by atoms with Crippen molar-refractivity contribution in [3.8, 4) is 16.9 Å². The lowest BCUT2D eigenvalue weighted by Gasteiger charge is -2.12. The molecule has 0 atom stereocenters. The number of halogens is 1. The molecule has 0 fully saturated rings. The van der Waals surface area contributed by atoms with Crippen LogP contribution in [0.3, 0.4) is 0 Å². The maximum absolute atomic E-state index is 14.2. The summed E-state index contributed by atoms with van der Waals surface area (Å²) >= 11 is 0. The highest BCUT2D eigenvalue weighted by molar-refractivity contribution is 5.78. The molecule has 0 aliphatic heterocycles. The number of aryl methyl sites for hydroxylation is 1. The predicted molar refractivity (Wildman–Crippen MR) is 103 cm³/mol. The second-order valence-electron chi connectivity index (χ2n) is 6.34. The first-order valence-corrected chi connectivity index (χ1v) is 8.91. The normalized spacial score (nSPS) is 11.1.